The molecule has 0 amide bonds. The van der Waals surface area contributed by atoms with Crippen LogP contribution in [-0.4, -0.2) is 105 Å². The highest BCUT2D eigenvalue weighted by Gasteiger charge is 2.27. The smallest absolute Gasteiger partial charge is 0.381 e. The average molecular weight is 827 g/mol. The summed E-state index contributed by atoms with van der Waals surface area (Å²) in [6.07, 6.45) is 3.32. The molecule has 56 heavy (non-hydrogen) atoms. The molecular weight excluding hydrogens is 782 g/mol. The Morgan fingerprint density at radius 1 is 0.589 bits per heavy atom. The Morgan fingerprint density at radius 3 is 1.29 bits per heavy atom. The standard InChI is InChI=1S/C32H44N8O14P2/c1-3-51-55(45,53-31-9-5-29(6-10-31)39(41)42)21-13-37-23-27(33-35-37)25-49-19-17-47-15-16-48-18-20-50-26-28-24-38(36-34-28)14-22-56(46,52-4-2)54-32-11-7-30(8-12-32)40(43)44/h5-12,23-24H,3-4,13-22,25-26H2,1-2H3. The molecule has 2 aromatic heterocycles. The highest BCUT2D eigenvalue weighted by molar-refractivity contribution is 7.54. The molecule has 0 radical (unpaired) electrons. The number of hydrogen-bond acceptors (Lipinski definition) is 18. The minimum atomic E-state index is -3.57. The van der Waals surface area contributed by atoms with E-state index in [9.17, 15) is 29.4 Å². The summed E-state index contributed by atoms with van der Waals surface area (Å²) in [5.74, 6) is 0.387. The number of benzene rings is 2. The third kappa shape index (κ3) is 15.5. The van der Waals surface area contributed by atoms with Gasteiger partial charge >= 0.3 is 15.2 Å². The molecule has 0 saturated carbocycles. The molecular formula is C32H44N8O14P2. The summed E-state index contributed by atoms with van der Waals surface area (Å²) in [6.45, 7) is 6.47. The third-order valence-corrected chi connectivity index (χ3v) is 11.0. The zero-order valence-electron chi connectivity index (χ0n) is 30.9. The van der Waals surface area contributed by atoms with Crippen LogP contribution in [0, 0.1) is 20.2 Å². The van der Waals surface area contributed by atoms with Gasteiger partial charge in [0.2, 0.25) is 0 Å². The van der Waals surface area contributed by atoms with Gasteiger partial charge in [0.05, 0.1) is 114 Å². The van der Waals surface area contributed by atoms with Crippen LogP contribution in [0.15, 0.2) is 60.9 Å². The van der Waals surface area contributed by atoms with Gasteiger partial charge in [0.1, 0.15) is 22.9 Å². The lowest BCUT2D eigenvalue weighted by Gasteiger charge is -2.18. The summed E-state index contributed by atoms with van der Waals surface area (Å²) in [7, 11) is -7.14. The van der Waals surface area contributed by atoms with Crippen molar-refractivity contribution in [2.24, 2.45) is 0 Å². The number of ether oxygens (including phenoxy) is 4. The molecule has 2 atom stereocenters. The predicted molar refractivity (Wildman–Crippen MR) is 197 cm³/mol. The van der Waals surface area contributed by atoms with E-state index in [-0.39, 0.29) is 74.7 Å². The summed E-state index contributed by atoms with van der Waals surface area (Å²) in [4.78, 5) is 20.7. The van der Waals surface area contributed by atoms with E-state index in [1.54, 1.807) is 26.2 Å². The molecule has 0 spiro atoms. The SMILES string of the molecule is CCOP(=O)(CCn1cc(COCCOCCOCCOCc2cn(CCP(=O)(OCC)Oc3ccc([N+](=O)[O-])cc3)nn2)nn1)Oc1ccc([N+](=O)[O-])cc1. The van der Waals surface area contributed by atoms with E-state index in [1.807, 2.05) is 0 Å². The first-order valence-electron chi connectivity index (χ1n) is 17.4. The molecule has 0 bridgehead atoms. The summed E-state index contributed by atoms with van der Waals surface area (Å²) in [5.41, 5.74) is 0.912. The Balaban J connectivity index is 1.01. The highest BCUT2D eigenvalue weighted by Crippen LogP contribution is 2.49. The number of aromatic nitrogens is 6. The Labute approximate surface area is 321 Å². The number of aryl methyl sites for hydroxylation is 2. The molecule has 306 valence electrons. The molecule has 4 aromatic rings. The lowest BCUT2D eigenvalue weighted by atomic mass is 10.3. The molecule has 0 aliphatic heterocycles. The molecule has 24 heteroatoms. The molecule has 0 aliphatic rings. The molecule has 0 fully saturated rings. The van der Waals surface area contributed by atoms with Crippen LogP contribution in [-0.2, 0) is 63.4 Å². The van der Waals surface area contributed by atoms with Crippen molar-refractivity contribution < 1.29 is 56.0 Å². The number of nitro benzene ring substituents is 2. The summed E-state index contributed by atoms with van der Waals surface area (Å²) < 4.78 is 73.6. The van der Waals surface area contributed by atoms with Crippen LogP contribution in [0.1, 0.15) is 25.2 Å². The van der Waals surface area contributed by atoms with Crippen LogP contribution in [0.5, 0.6) is 11.5 Å². The van der Waals surface area contributed by atoms with Crippen molar-refractivity contribution >= 4 is 26.6 Å². The molecule has 0 saturated heterocycles. The maximum atomic E-state index is 13.2. The molecule has 0 aliphatic carbocycles. The summed E-state index contributed by atoms with van der Waals surface area (Å²) >= 11 is 0. The normalized spacial score (nSPS) is 13.5. The molecule has 2 unspecified atom stereocenters. The lowest BCUT2D eigenvalue weighted by Crippen LogP contribution is -2.12. The quantitative estimate of drug-likeness (QED) is 0.0299. The first-order valence-corrected chi connectivity index (χ1v) is 20.9. The fourth-order valence-electron chi connectivity index (χ4n) is 4.63. The van der Waals surface area contributed by atoms with Crippen LogP contribution in [0.3, 0.4) is 0 Å². The molecule has 2 aromatic carbocycles. The monoisotopic (exact) mass is 826 g/mol. The van der Waals surface area contributed by atoms with Gasteiger partial charge in [-0.3, -0.25) is 29.6 Å². The fourth-order valence-corrected chi connectivity index (χ4v) is 7.75. The van der Waals surface area contributed by atoms with Gasteiger partial charge < -0.3 is 37.0 Å². The molecule has 4 rings (SSSR count). The molecule has 0 N–H and O–H groups in total. The van der Waals surface area contributed by atoms with Gasteiger partial charge in [0, 0.05) is 24.3 Å². The first kappa shape index (κ1) is 44.1. The van der Waals surface area contributed by atoms with Crippen molar-refractivity contribution in [2.75, 3.05) is 65.2 Å². The number of nitrogens with zero attached hydrogens (tertiary/aromatic N) is 8. The summed E-state index contributed by atoms with van der Waals surface area (Å²) in [6, 6.07) is 10.5. The second-order valence-electron chi connectivity index (χ2n) is 11.5. The number of rotatable bonds is 29. The average Bonchev–Trinajstić information content (AvgIpc) is 3.84. The highest BCUT2D eigenvalue weighted by atomic mass is 31.2. The van der Waals surface area contributed by atoms with E-state index >= 15 is 0 Å². The van der Waals surface area contributed by atoms with Crippen molar-refractivity contribution in [1.82, 2.24) is 30.0 Å². The van der Waals surface area contributed by atoms with Crippen LogP contribution in [0.25, 0.3) is 0 Å². The molecule has 22 nitrogen and oxygen atoms in total. The van der Waals surface area contributed by atoms with Crippen molar-refractivity contribution in [2.45, 2.75) is 40.2 Å². The van der Waals surface area contributed by atoms with E-state index in [4.69, 9.17) is 37.0 Å². The number of nitro groups is 2. The van der Waals surface area contributed by atoms with Gasteiger partial charge in [-0.05, 0) is 38.1 Å². The van der Waals surface area contributed by atoms with Gasteiger partial charge in [0.15, 0.2) is 0 Å². The van der Waals surface area contributed by atoms with Gasteiger partial charge in [-0.2, -0.15) is 0 Å². The maximum Gasteiger partial charge on any atom is 0.381 e. The second kappa shape index (κ2) is 22.8. The van der Waals surface area contributed by atoms with Gasteiger partial charge in [-0.15, -0.1) is 10.2 Å². The topological polar surface area (TPSA) is 256 Å². The van der Waals surface area contributed by atoms with Crippen LogP contribution < -0.4 is 9.05 Å². The van der Waals surface area contributed by atoms with E-state index in [0.29, 0.717) is 51.0 Å². The van der Waals surface area contributed by atoms with Crippen LogP contribution >= 0.6 is 15.2 Å². The van der Waals surface area contributed by atoms with E-state index in [0.717, 1.165) is 0 Å². The van der Waals surface area contributed by atoms with Crippen LogP contribution in [0.2, 0.25) is 0 Å². The Hall–Kier alpha value is -4.66. The van der Waals surface area contributed by atoms with Crippen molar-refractivity contribution in [1.29, 1.82) is 0 Å². The van der Waals surface area contributed by atoms with Gasteiger partial charge in [0.25, 0.3) is 11.4 Å². The fraction of sp³-hybridized carbons (Fsp3) is 0.500. The van der Waals surface area contributed by atoms with Gasteiger partial charge in [-0.1, -0.05) is 10.4 Å². The number of non-ortho nitro benzene ring substituents is 2. The summed E-state index contributed by atoms with van der Waals surface area (Å²) in [5, 5.41) is 37.9. The Kier molecular flexibility index (Phi) is 17.9. The van der Waals surface area contributed by atoms with Crippen LogP contribution in [0.4, 0.5) is 11.4 Å². The largest absolute Gasteiger partial charge is 0.424 e. The van der Waals surface area contributed by atoms with E-state index in [2.05, 4.69) is 20.6 Å². The van der Waals surface area contributed by atoms with E-state index < -0.39 is 25.0 Å². The zero-order valence-corrected chi connectivity index (χ0v) is 32.6. The van der Waals surface area contributed by atoms with E-state index in [1.165, 1.54) is 57.9 Å². The zero-order chi connectivity index (χ0) is 40.2. The first-order chi connectivity index (χ1) is 27.0. The minimum Gasteiger partial charge on any atom is -0.424 e. The third-order valence-electron chi connectivity index (χ3n) is 7.23. The second-order valence-corrected chi connectivity index (χ2v) is 15.7. The predicted octanol–water partition coefficient (Wildman–Crippen LogP) is 5.07. The Morgan fingerprint density at radius 2 is 0.946 bits per heavy atom. The van der Waals surface area contributed by atoms with Crippen molar-refractivity contribution in [3.63, 3.8) is 0 Å². The minimum absolute atomic E-state index is 0.00204. The number of hydrogen-bond donors (Lipinski definition) is 0. The lowest BCUT2D eigenvalue weighted by molar-refractivity contribution is -0.385. The maximum absolute atomic E-state index is 13.2. The van der Waals surface area contributed by atoms with Crippen molar-refractivity contribution in [3.8, 4) is 11.5 Å². The Bertz CT molecular complexity index is 1760. The van der Waals surface area contributed by atoms with Gasteiger partial charge in [-0.25, -0.2) is 9.13 Å². The van der Waals surface area contributed by atoms with Crippen molar-refractivity contribution in [3.05, 3.63) is 92.5 Å². The molecule has 2 heterocycles.